The molecule has 2 N–H and O–H groups in total. The van der Waals surface area contributed by atoms with E-state index in [2.05, 4.69) is 20.6 Å². The fourth-order valence-corrected chi connectivity index (χ4v) is 2.31. The van der Waals surface area contributed by atoms with Crippen LogP contribution >= 0.6 is 0 Å². The quantitative estimate of drug-likeness (QED) is 0.646. The lowest BCUT2D eigenvalue weighted by atomic mass is 9.97. The van der Waals surface area contributed by atoms with Crippen LogP contribution in [-0.2, 0) is 0 Å². The average Bonchev–Trinajstić information content (AvgIpc) is 2.53. The van der Waals surface area contributed by atoms with Crippen LogP contribution in [0, 0.1) is 23.0 Å². The normalized spacial score (nSPS) is 11.8. The first-order valence-electron chi connectivity index (χ1n) is 7.47. The Balaban J connectivity index is 2.18. The Morgan fingerprint density at radius 1 is 1.29 bits per heavy atom. The Hall–Kier alpha value is -3.03. The standard InChI is InChI=1S/C16H19N5O3/c1-10(2)14(15-11(3)5-4-7-18-15)20-16(22)19-12-6-8-17-9-13(12)21(23)24/h4-10,14H,1-3H3,(H2,17,19,20,22)/t14-/m0/s1. The summed E-state index contributed by atoms with van der Waals surface area (Å²) in [5.74, 6) is 0.0942. The lowest BCUT2D eigenvalue weighted by Crippen LogP contribution is -2.36. The Labute approximate surface area is 139 Å². The van der Waals surface area contributed by atoms with Gasteiger partial charge in [-0.3, -0.25) is 20.1 Å². The van der Waals surface area contributed by atoms with Gasteiger partial charge in [0.2, 0.25) is 0 Å². The number of hydrogen-bond donors (Lipinski definition) is 2. The Morgan fingerprint density at radius 3 is 2.67 bits per heavy atom. The number of aryl methyl sites for hydroxylation is 1. The molecular weight excluding hydrogens is 310 g/mol. The third-order valence-corrected chi connectivity index (χ3v) is 3.54. The largest absolute Gasteiger partial charge is 0.329 e. The van der Waals surface area contributed by atoms with E-state index in [9.17, 15) is 14.9 Å². The van der Waals surface area contributed by atoms with E-state index in [0.29, 0.717) is 0 Å². The summed E-state index contributed by atoms with van der Waals surface area (Å²) < 4.78 is 0. The predicted molar refractivity (Wildman–Crippen MR) is 89.6 cm³/mol. The molecule has 0 saturated carbocycles. The van der Waals surface area contributed by atoms with Crippen LogP contribution in [-0.4, -0.2) is 20.9 Å². The van der Waals surface area contributed by atoms with Gasteiger partial charge in [-0.05, 0) is 30.5 Å². The number of amides is 2. The lowest BCUT2D eigenvalue weighted by molar-refractivity contribution is -0.384. The second-order valence-corrected chi connectivity index (χ2v) is 5.68. The predicted octanol–water partition coefficient (Wildman–Crippen LogP) is 3.21. The molecule has 8 nitrogen and oxygen atoms in total. The fraction of sp³-hybridized carbons (Fsp3) is 0.312. The highest BCUT2D eigenvalue weighted by molar-refractivity contribution is 5.91. The van der Waals surface area contributed by atoms with Crippen molar-refractivity contribution in [1.82, 2.24) is 15.3 Å². The first-order chi connectivity index (χ1) is 11.4. The summed E-state index contributed by atoms with van der Waals surface area (Å²) in [6, 6.07) is 4.29. The molecule has 0 aliphatic heterocycles. The third-order valence-electron chi connectivity index (χ3n) is 3.54. The minimum Gasteiger partial charge on any atom is -0.329 e. The van der Waals surface area contributed by atoms with E-state index in [0.717, 1.165) is 17.5 Å². The summed E-state index contributed by atoms with van der Waals surface area (Å²) in [5.41, 5.74) is 1.56. The van der Waals surface area contributed by atoms with Gasteiger partial charge in [-0.1, -0.05) is 19.9 Å². The molecule has 8 heteroatoms. The smallest absolute Gasteiger partial charge is 0.319 e. The summed E-state index contributed by atoms with van der Waals surface area (Å²) in [5, 5.41) is 16.3. The van der Waals surface area contributed by atoms with Crippen LogP contribution in [0.1, 0.15) is 31.1 Å². The summed E-state index contributed by atoms with van der Waals surface area (Å²) in [4.78, 5) is 30.7. The Morgan fingerprint density at radius 2 is 2.04 bits per heavy atom. The van der Waals surface area contributed by atoms with Gasteiger partial charge in [0.25, 0.3) is 0 Å². The van der Waals surface area contributed by atoms with Crippen LogP contribution in [0.25, 0.3) is 0 Å². The maximum atomic E-state index is 12.3. The number of urea groups is 1. The van der Waals surface area contributed by atoms with E-state index >= 15 is 0 Å². The number of anilines is 1. The molecule has 0 unspecified atom stereocenters. The van der Waals surface area contributed by atoms with Gasteiger partial charge in [-0.15, -0.1) is 0 Å². The molecule has 2 amide bonds. The van der Waals surface area contributed by atoms with Crippen molar-refractivity contribution in [2.45, 2.75) is 26.8 Å². The minimum absolute atomic E-state index is 0.0905. The lowest BCUT2D eigenvalue weighted by Gasteiger charge is -2.23. The van der Waals surface area contributed by atoms with Crippen LogP contribution in [0.2, 0.25) is 0 Å². The number of nitrogens with zero attached hydrogens (tertiary/aromatic N) is 3. The van der Waals surface area contributed by atoms with Crippen molar-refractivity contribution in [3.63, 3.8) is 0 Å². The van der Waals surface area contributed by atoms with Crippen molar-refractivity contribution in [1.29, 1.82) is 0 Å². The molecule has 2 heterocycles. The number of nitrogens with one attached hydrogen (secondary N) is 2. The molecule has 2 rings (SSSR count). The van der Waals surface area contributed by atoms with Crippen molar-refractivity contribution in [2.24, 2.45) is 5.92 Å². The van der Waals surface area contributed by atoms with Gasteiger partial charge in [0.05, 0.1) is 16.7 Å². The van der Waals surface area contributed by atoms with Crippen LogP contribution in [0.4, 0.5) is 16.2 Å². The molecule has 0 saturated heterocycles. The van der Waals surface area contributed by atoms with Crippen LogP contribution < -0.4 is 10.6 Å². The average molecular weight is 329 g/mol. The first kappa shape index (κ1) is 17.3. The van der Waals surface area contributed by atoms with E-state index in [-0.39, 0.29) is 23.3 Å². The highest BCUT2D eigenvalue weighted by Gasteiger charge is 2.23. The maximum Gasteiger partial charge on any atom is 0.319 e. The Bertz CT molecular complexity index is 748. The highest BCUT2D eigenvalue weighted by atomic mass is 16.6. The Kier molecular flexibility index (Phi) is 5.41. The molecule has 0 fully saturated rings. The number of rotatable bonds is 5. The number of nitro groups is 1. The molecular formula is C16H19N5O3. The van der Waals surface area contributed by atoms with E-state index in [1.807, 2.05) is 32.9 Å². The molecule has 126 valence electrons. The van der Waals surface area contributed by atoms with E-state index in [1.165, 1.54) is 12.3 Å². The molecule has 0 spiro atoms. The SMILES string of the molecule is Cc1cccnc1[C@@H](NC(=O)Nc1ccncc1[N+](=O)[O-])C(C)C. The molecule has 2 aromatic rings. The van der Waals surface area contributed by atoms with Crippen molar-refractivity contribution < 1.29 is 9.72 Å². The van der Waals surface area contributed by atoms with Crippen LogP contribution in [0.5, 0.6) is 0 Å². The molecule has 0 bridgehead atoms. The zero-order valence-corrected chi connectivity index (χ0v) is 13.7. The third kappa shape index (κ3) is 4.03. The molecule has 0 aliphatic rings. The van der Waals surface area contributed by atoms with Crippen molar-refractivity contribution in [3.8, 4) is 0 Å². The summed E-state index contributed by atoms with van der Waals surface area (Å²) in [6.45, 7) is 5.85. The number of carbonyl (C=O) groups excluding carboxylic acids is 1. The molecule has 0 aliphatic carbocycles. The molecule has 1 atom stereocenters. The van der Waals surface area contributed by atoms with Gasteiger partial charge >= 0.3 is 11.7 Å². The van der Waals surface area contributed by atoms with Gasteiger partial charge in [-0.25, -0.2) is 4.79 Å². The van der Waals surface area contributed by atoms with Gasteiger partial charge in [0, 0.05) is 12.4 Å². The topological polar surface area (TPSA) is 110 Å². The van der Waals surface area contributed by atoms with Gasteiger partial charge in [0.15, 0.2) is 0 Å². The number of hydrogen-bond acceptors (Lipinski definition) is 5. The van der Waals surface area contributed by atoms with Crippen LogP contribution in [0.3, 0.4) is 0 Å². The molecule has 0 radical (unpaired) electrons. The van der Waals surface area contributed by atoms with E-state index in [4.69, 9.17) is 0 Å². The molecule has 2 aromatic heterocycles. The van der Waals surface area contributed by atoms with Crippen LogP contribution in [0.15, 0.2) is 36.8 Å². The van der Waals surface area contributed by atoms with E-state index in [1.54, 1.807) is 6.20 Å². The minimum atomic E-state index is -0.592. The van der Waals surface area contributed by atoms with Crippen molar-refractivity contribution in [3.05, 3.63) is 58.2 Å². The summed E-state index contributed by atoms with van der Waals surface area (Å²) in [6.07, 6.45) is 4.15. The summed E-state index contributed by atoms with van der Waals surface area (Å²) >= 11 is 0. The fourth-order valence-electron chi connectivity index (χ4n) is 2.31. The zero-order valence-electron chi connectivity index (χ0n) is 13.7. The number of aromatic nitrogens is 2. The second kappa shape index (κ2) is 7.49. The number of pyridine rings is 2. The summed E-state index contributed by atoms with van der Waals surface area (Å²) in [7, 11) is 0. The maximum absolute atomic E-state index is 12.3. The zero-order chi connectivity index (χ0) is 17.7. The van der Waals surface area contributed by atoms with Crippen molar-refractivity contribution in [2.75, 3.05) is 5.32 Å². The van der Waals surface area contributed by atoms with Crippen molar-refractivity contribution >= 4 is 17.4 Å². The first-order valence-corrected chi connectivity index (χ1v) is 7.47. The molecule has 24 heavy (non-hydrogen) atoms. The van der Waals surface area contributed by atoms with Gasteiger partial charge < -0.3 is 10.6 Å². The van der Waals surface area contributed by atoms with E-state index < -0.39 is 11.0 Å². The second-order valence-electron chi connectivity index (χ2n) is 5.68. The van der Waals surface area contributed by atoms with Gasteiger partial charge in [0.1, 0.15) is 11.9 Å². The highest BCUT2D eigenvalue weighted by Crippen LogP contribution is 2.24. The molecule has 0 aromatic carbocycles. The number of carbonyl (C=O) groups is 1. The monoisotopic (exact) mass is 329 g/mol. The van der Waals surface area contributed by atoms with Gasteiger partial charge in [-0.2, -0.15) is 0 Å².